The topological polar surface area (TPSA) is 155 Å². The van der Waals surface area contributed by atoms with Crippen molar-refractivity contribution in [3.63, 3.8) is 0 Å². The summed E-state index contributed by atoms with van der Waals surface area (Å²) in [5, 5.41) is 19.4. The lowest BCUT2D eigenvalue weighted by molar-refractivity contribution is -0.385. The molecular weight excluding hydrogens is 518 g/mol. The van der Waals surface area contributed by atoms with Gasteiger partial charge in [0.05, 0.1) is 38.8 Å². The normalized spacial score (nSPS) is 16.7. The number of nitrogens with one attached hydrogen (secondary N) is 1. The Kier molecular flexibility index (Phi) is 6.74. The van der Waals surface area contributed by atoms with Gasteiger partial charge in [0.15, 0.2) is 0 Å². The lowest BCUT2D eigenvalue weighted by atomic mass is 10.1. The molecule has 0 spiro atoms. The first-order valence-corrected chi connectivity index (χ1v) is 12.8. The Morgan fingerprint density at radius 1 is 1.29 bits per heavy atom. The number of nitro benzene ring substituents is 1. The fourth-order valence-electron chi connectivity index (χ4n) is 3.19. The Morgan fingerprint density at radius 3 is 2.71 bits per heavy atom. The predicted octanol–water partition coefficient (Wildman–Crippen LogP) is 3.84. The second-order valence-corrected chi connectivity index (χ2v) is 10.5. The molecule has 2 aromatic rings. The number of nitrogens with zero attached hydrogens (tertiary/aromatic N) is 4. The van der Waals surface area contributed by atoms with E-state index in [1.54, 1.807) is 24.3 Å². The molecule has 35 heavy (non-hydrogen) atoms. The van der Waals surface area contributed by atoms with Crippen molar-refractivity contribution in [1.82, 2.24) is 4.90 Å². The number of sulfone groups is 1. The number of ether oxygens (including phenoxy) is 1. The number of aliphatic imine (C=N–C) groups is 1. The van der Waals surface area contributed by atoms with Gasteiger partial charge in [0.1, 0.15) is 18.2 Å². The smallest absolute Gasteiger partial charge is 0.283 e. The van der Waals surface area contributed by atoms with Crippen LogP contribution in [0.2, 0.25) is 5.02 Å². The molecule has 0 saturated heterocycles. The van der Waals surface area contributed by atoms with Crippen LogP contribution >= 0.6 is 23.5 Å². The largest absolute Gasteiger partial charge is 0.487 e. The van der Waals surface area contributed by atoms with E-state index >= 15 is 0 Å². The molecule has 4 rings (SSSR count). The molecule has 2 aromatic carbocycles. The SMILES string of the molecule is CCS(=O)(=O)C1=NSC2=NC(=O)/C(=C\c3ccc(OCc4ccccc4[N+](=O)[O-])c(Cl)c3)C(=N)N21. The molecule has 2 heterocycles. The van der Waals surface area contributed by atoms with Crippen LogP contribution in [0.5, 0.6) is 5.75 Å². The molecule has 0 aromatic heterocycles. The summed E-state index contributed by atoms with van der Waals surface area (Å²) >= 11 is 7.03. The molecule has 1 N–H and O–H groups in total. The minimum atomic E-state index is -3.75. The quantitative estimate of drug-likeness (QED) is 0.254. The van der Waals surface area contributed by atoms with Crippen molar-refractivity contribution in [2.45, 2.75) is 13.5 Å². The molecule has 11 nitrogen and oxygen atoms in total. The third kappa shape index (κ3) is 4.83. The minimum absolute atomic E-state index is 0.000890. The van der Waals surface area contributed by atoms with E-state index in [1.807, 2.05) is 0 Å². The first-order chi connectivity index (χ1) is 16.6. The van der Waals surface area contributed by atoms with E-state index in [0.717, 1.165) is 16.8 Å². The zero-order valence-electron chi connectivity index (χ0n) is 18.0. The number of benzene rings is 2. The molecular formula is C21H16ClN5O6S2. The molecule has 0 atom stereocenters. The molecule has 0 fully saturated rings. The second-order valence-electron chi connectivity index (χ2n) is 7.17. The van der Waals surface area contributed by atoms with Gasteiger partial charge in [-0.2, -0.15) is 9.39 Å². The second kappa shape index (κ2) is 9.60. The fraction of sp³-hybridized carbons (Fsp3) is 0.143. The van der Waals surface area contributed by atoms with E-state index in [-0.39, 0.29) is 50.6 Å². The third-order valence-electron chi connectivity index (χ3n) is 4.99. The van der Waals surface area contributed by atoms with Gasteiger partial charge >= 0.3 is 0 Å². The maximum atomic E-state index is 12.5. The van der Waals surface area contributed by atoms with Crippen LogP contribution in [0.25, 0.3) is 6.08 Å². The number of nitro groups is 1. The van der Waals surface area contributed by atoms with Crippen molar-refractivity contribution in [2.24, 2.45) is 9.39 Å². The zero-order chi connectivity index (χ0) is 25.3. The van der Waals surface area contributed by atoms with E-state index in [2.05, 4.69) is 9.39 Å². The van der Waals surface area contributed by atoms with Gasteiger partial charge in [-0.25, -0.2) is 13.3 Å². The van der Waals surface area contributed by atoms with Crippen LogP contribution in [-0.2, 0) is 21.2 Å². The molecule has 0 radical (unpaired) electrons. The van der Waals surface area contributed by atoms with Crippen LogP contribution in [0.15, 0.2) is 57.4 Å². The Balaban J connectivity index is 1.57. The Hall–Kier alpha value is -3.55. The minimum Gasteiger partial charge on any atom is -0.487 e. The van der Waals surface area contributed by atoms with Crippen LogP contribution in [0, 0.1) is 15.5 Å². The summed E-state index contributed by atoms with van der Waals surface area (Å²) in [6, 6.07) is 10.8. The summed E-state index contributed by atoms with van der Waals surface area (Å²) in [7, 11) is -3.75. The number of carbonyl (C=O) groups excluding carboxylic acids is 1. The van der Waals surface area contributed by atoms with Crippen LogP contribution in [0.1, 0.15) is 18.1 Å². The summed E-state index contributed by atoms with van der Waals surface area (Å²) in [4.78, 5) is 28.1. The monoisotopic (exact) mass is 533 g/mol. The number of carbonyl (C=O) groups is 1. The molecule has 14 heteroatoms. The zero-order valence-corrected chi connectivity index (χ0v) is 20.4. The van der Waals surface area contributed by atoms with Crippen LogP contribution < -0.4 is 4.74 Å². The summed E-state index contributed by atoms with van der Waals surface area (Å²) in [5.74, 6) is -1.04. The van der Waals surface area contributed by atoms with Crippen molar-refractivity contribution < 1.29 is 22.9 Å². The van der Waals surface area contributed by atoms with E-state index < -0.39 is 20.7 Å². The number of rotatable bonds is 6. The standard InChI is InChI=1S/C21H16ClN5O6S2/c1-2-35(31,32)21-25-34-20-24-19(28)14(18(23)26(20)21)9-12-7-8-17(15(22)10-12)33-11-13-5-3-4-6-16(13)27(29)30/h3-10,23H,2,11H2,1H3/b14-9-,23-18?. The van der Waals surface area contributed by atoms with Gasteiger partial charge in [0.25, 0.3) is 11.6 Å². The Labute approximate surface area is 208 Å². The number of amides is 1. The molecule has 1 amide bonds. The molecule has 0 bridgehead atoms. The van der Waals surface area contributed by atoms with Crippen LogP contribution in [0.4, 0.5) is 5.69 Å². The number of hydrogen-bond acceptors (Lipinski definition) is 9. The lowest BCUT2D eigenvalue weighted by Crippen LogP contribution is -2.45. The molecule has 0 saturated carbocycles. The highest BCUT2D eigenvalue weighted by atomic mass is 35.5. The Morgan fingerprint density at radius 2 is 2.03 bits per heavy atom. The van der Waals surface area contributed by atoms with Crippen molar-refractivity contribution in [2.75, 3.05) is 5.75 Å². The highest BCUT2D eigenvalue weighted by Gasteiger charge is 2.42. The average Bonchev–Trinajstić information content (AvgIpc) is 3.26. The van der Waals surface area contributed by atoms with E-state index in [4.69, 9.17) is 21.7 Å². The summed E-state index contributed by atoms with van der Waals surface area (Å²) in [6.07, 6.45) is 1.36. The van der Waals surface area contributed by atoms with E-state index in [0.29, 0.717) is 11.1 Å². The number of hydrogen-bond donors (Lipinski definition) is 1. The maximum Gasteiger partial charge on any atom is 0.283 e. The van der Waals surface area contributed by atoms with Gasteiger partial charge < -0.3 is 4.74 Å². The van der Waals surface area contributed by atoms with Crippen molar-refractivity contribution in [3.05, 3.63) is 74.3 Å². The fourth-order valence-corrected chi connectivity index (χ4v) is 5.39. The molecule has 2 aliphatic rings. The first kappa shape index (κ1) is 24.6. The first-order valence-electron chi connectivity index (χ1n) is 9.98. The Bertz CT molecular complexity index is 1470. The maximum absolute atomic E-state index is 12.5. The molecule has 180 valence electrons. The number of amidine groups is 3. The van der Waals surface area contributed by atoms with E-state index in [9.17, 15) is 23.3 Å². The number of para-hydroxylation sites is 1. The van der Waals surface area contributed by atoms with Crippen molar-refractivity contribution in [1.29, 1.82) is 5.41 Å². The van der Waals surface area contributed by atoms with Gasteiger partial charge in [0, 0.05) is 6.07 Å². The third-order valence-corrected chi connectivity index (χ3v) is 7.69. The highest BCUT2D eigenvalue weighted by molar-refractivity contribution is 8.16. The van der Waals surface area contributed by atoms with Gasteiger partial charge in [0.2, 0.25) is 20.2 Å². The summed E-state index contributed by atoms with van der Waals surface area (Å²) in [5.41, 5.74) is 0.591. The van der Waals surface area contributed by atoms with Crippen molar-refractivity contribution in [3.8, 4) is 5.75 Å². The van der Waals surface area contributed by atoms with Gasteiger partial charge in [-0.1, -0.05) is 36.7 Å². The predicted molar refractivity (Wildman–Crippen MR) is 133 cm³/mol. The number of halogens is 1. The summed E-state index contributed by atoms with van der Waals surface area (Å²) < 4.78 is 34.2. The van der Waals surface area contributed by atoms with Crippen molar-refractivity contribution >= 4 is 67.2 Å². The van der Waals surface area contributed by atoms with E-state index in [1.165, 1.54) is 31.2 Å². The highest BCUT2D eigenvalue weighted by Crippen LogP contribution is 2.32. The molecule has 0 aliphatic carbocycles. The van der Waals surface area contributed by atoms with Gasteiger partial charge in [-0.15, -0.1) is 0 Å². The molecule has 2 aliphatic heterocycles. The van der Waals surface area contributed by atoms with Crippen LogP contribution in [0.3, 0.4) is 0 Å². The number of fused-ring (bicyclic) bond motifs is 1. The van der Waals surface area contributed by atoms with Gasteiger partial charge in [-0.05, 0) is 29.8 Å². The van der Waals surface area contributed by atoms with Crippen LogP contribution in [-0.4, -0.2) is 46.1 Å². The summed E-state index contributed by atoms with van der Waals surface area (Å²) in [6.45, 7) is 1.37. The lowest BCUT2D eigenvalue weighted by Gasteiger charge is -2.24. The van der Waals surface area contributed by atoms with Gasteiger partial charge in [-0.3, -0.25) is 20.3 Å². The molecule has 0 unspecified atom stereocenters. The average molecular weight is 534 g/mol.